The van der Waals surface area contributed by atoms with Crippen molar-refractivity contribution in [2.45, 2.75) is 45.4 Å². The summed E-state index contributed by atoms with van der Waals surface area (Å²) in [7, 11) is 0. The van der Waals surface area contributed by atoms with Crippen molar-refractivity contribution in [3.05, 3.63) is 23.9 Å². The molecule has 1 N–H and O–H groups in total. The number of nitrogens with zero attached hydrogens (tertiary/aromatic N) is 1. The van der Waals surface area contributed by atoms with Gasteiger partial charge in [-0.15, -0.1) is 0 Å². The van der Waals surface area contributed by atoms with Gasteiger partial charge >= 0.3 is 0 Å². The molecule has 0 saturated carbocycles. The molecular weight excluding hydrogens is 216 g/mol. The zero-order valence-electron chi connectivity index (χ0n) is 10.5. The Morgan fingerprint density at radius 2 is 2.06 bits per heavy atom. The van der Waals surface area contributed by atoms with Crippen molar-refractivity contribution < 1.29 is 0 Å². The third-order valence-corrected chi connectivity index (χ3v) is 3.58. The Bertz CT molecular complexity index is 298. The van der Waals surface area contributed by atoms with E-state index >= 15 is 0 Å². The third kappa shape index (κ3) is 4.44. The van der Waals surface area contributed by atoms with E-state index in [2.05, 4.69) is 43.2 Å². The smallest absolute Gasteiger partial charge is 0.126 e. The Morgan fingerprint density at radius 3 is 2.69 bits per heavy atom. The average Bonchev–Trinajstić information content (AvgIpc) is 2.34. The number of hydrogen-bond donors (Lipinski definition) is 1. The third-order valence-electron chi connectivity index (χ3n) is 2.63. The normalized spacial score (nSPS) is 10.8. The van der Waals surface area contributed by atoms with Crippen molar-refractivity contribution in [3.63, 3.8) is 0 Å². The molecule has 0 spiro atoms. The summed E-state index contributed by atoms with van der Waals surface area (Å²) in [6.07, 6.45) is 4.19. The van der Waals surface area contributed by atoms with Gasteiger partial charge in [-0.2, -0.15) is 11.8 Å². The monoisotopic (exact) mass is 238 g/mol. The molecule has 1 rings (SSSR count). The fourth-order valence-corrected chi connectivity index (χ4v) is 2.18. The molecule has 0 radical (unpaired) electrons. The first-order chi connectivity index (χ1) is 7.80. The lowest BCUT2D eigenvalue weighted by Crippen LogP contribution is -2.17. The lowest BCUT2D eigenvalue weighted by molar-refractivity contribution is 0.668. The summed E-state index contributed by atoms with van der Waals surface area (Å²) < 4.78 is 0. The first kappa shape index (κ1) is 13.4. The minimum absolute atomic E-state index is 0.543. The van der Waals surface area contributed by atoms with Crippen LogP contribution in [-0.4, -0.2) is 16.8 Å². The number of nitrogens with one attached hydrogen (secondary N) is 1. The van der Waals surface area contributed by atoms with Gasteiger partial charge in [0.15, 0.2) is 0 Å². The Labute approximate surface area is 103 Å². The van der Waals surface area contributed by atoms with Crippen LogP contribution in [0.5, 0.6) is 0 Å². The second kappa shape index (κ2) is 7.55. The molecule has 0 aliphatic rings. The number of aromatic nitrogens is 1. The van der Waals surface area contributed by atoms with Crippen LogP contribution < -0.4 is 5.32 Å². The molecular formula is C13H22N2S. The molecule has 2 nitrogen and oxygen atoms in total. The summed E-state index contributed by atoms with van der Waals surface area (Å²) in [6.45, 7) is 6.60. The molecule has 3 heteroatoms. The van der Waals surface area contributed by atoms with E-state index in [4.69, 9.17) is 0 Å². The van der Waals surface area contributed by atoms with Crippen LogP contribution in [0.25, 0.3) is 0 Å². The van der Waals surface area contributed by atoms with Crippen LogP contribution in [-0.2, 0) is 5.75 Å². The maximum Gasteiger partial charge on any atom is 0.126 e. The summed E-state index contributed by atoms with van der Waals surface area (Å²) in [4.78, 5) is 4.36. The summed E-state index contributed by atoms with van der Waals surface area (Å²) in [5.74, 6) is 3.26. The Hall–Kier alpha value is -0.700. The molecule has 0 atom stereocenters. The molecule has 1 aromatic heterocycles. The van der Waals surface area contributed by atoms with E-state index in [1.165, 1.54) is 5.56 Å². The molecule has 16 heavy (non-hydrogen) atoms. The molecule has 0 aliphatic heterocycles. The van der Waals surface area contributed by atoms with Gasteiger partial charge in [0.2, 0.25) is 0 Å². The zero-order chi connectivity index (χ0) is 11.8. The number of rotatable bonds is 7. The van der Waals surface area contributed by atoms with E-state index in [0.717, 1.165) is 30.2 Å². The Balaban J connectivity index is 2.59. The molecule has 0 amide bonds. The van der Waals surface area contributed by atoms with Crippen LogP contribution in [0.2, 0.25) is 0 Å². The SMILES string of the molecule is CCSCc1ccnc(NC(CC)CC)c1. The van der Waals surface area contributed by atoms with E-state index in [9.17, 15) is 0 Å². The summed E-state index contributed by atoms with van der Waals surface area (Å²) in [5.41, 5.74) is 1.36. The number of pyridine rings is 1. The van der Waals surface area contributed by atoms with E-state index in [1.54, 1.807) is 0 Å². The Kier molecular flexibility index (Phi) is 6.31. The summed E-state index contributed by atoms with van der Waals surface area (Å²) >= 11 is 1.94. The quantitative estimate of drug-likeness (QED) is 0.779. The van der Waals surface area contributed by atoms with Crippen molar-refractivity contribution >= 4 is 17.6 Å². The highest BCUT2D eigenvalue weighted by molar-refractivity contribution is 7.98. The molecule has 0 fully saturated rings. The number of anilines is 1. The molecule has 1 heterocycles. The lowest BCUT2D eigenvalue weighted by atomic mass is 10.2. The lowest BCUT2D eigenvalue weighted by Gasteiger charge is -2.15. The van der Waals surface area contributed by atoms with Gasteiger partial charge in [0.1, 0.15) is 5.82 Å². The van der Waals surface area contributed by atoms with Gasteiger partial charge < -0.3 is 5.32 Å². The van der Waals surface area contributed by atoms with E-state index < -0.39 is 0 Å². The van der Waals surface area contributed by atoms with Gasteiger partial charge in [0.05, 0.1) is 0 Å². The second-order valence-corrected chi connectivity index (χ2v) is 5.12. The second-order valence-electron chi connectivity index (χ2n) is 3.84. The molecule has 1 aromatic rings. The fourth-order valence-electron chi connectivity index (χ4n) is 1.56. The van der Waals surface area contributed by atoms with E-state index in [-0.39, 0.29) is 0 Å². The maximum atomic E-state index is 4.36. The highest BCUT2D eigenvalue weighted by Gasteiger charge is 2.04. The standard InChI is InChI=1S/C13H22N2S/c1-4-12(5-2)15-13-9-11(7-8-14-13)10-16-6-3/h7-9,12H,4-6,10H2,1-3H3,(H,14,15). The molecule has 0 aliphatic carbocycles. The largest absolute Gasteiger partial charge is 0.367 e. The summed E-state index contributed by atoms with van der Waals surface area (Å²) in [5, 5.41) is 3.47. The first-order valence-electron chi connectivity index (χ1n) is 6.09. The number of thioether (sulfide) groups is 1. The van der Waals surface area contributed by atoms with Crippen molar-refractivity contribution in [2.75, 3.05) is 11.1 Å². The van der Waals surface area contributed by atoms with Gasteiger partial charge in [-0.3, -0.25) is 0 Å². The van der Waals surface area contributed by atoms with Gasteiger partial charge in [0, 0.05) is 18.0 Å². The van der Waals surface area contributed by atoms with E-state index in [1.807, 2.05) is 18.0 Å². The van der Waals surface area contributed by atoms with Crippen molar-refractivity contribution in [3.8, 4) is 0 Å². The minimum atomic E-state index is 0.543. The van der Waals surface area contributed by atoms with Gasteiger partial charge in [0.25, 0.3) is 0 Å². The van der Waals surface area contributed by atoms with Gasteiger partial charge in [-0.05, 0) is 36.3 Å². The molecule has 0 aromatic carbocycles. The molecule has 0 bridgehead atoms. The summed E-state index contributed by atoms with van der Waals surface area (Å²) in [6, 6.07) is 4.81. The average molecular weight is 238 g/mol. The van der Waals surface area contributed by atoms with Crippen LogP contribution in [0.4, 0.5) is 5.82 Å². The predicted octanol–water partition coefficient (Wildman–Crippen LogP) is 3.94. The molecule has 90 valence electrons. The first-order valence-corrected chi connectivity index (χ1v) is 7.24. The topological polar surface area (TPSA) is 24.9 Å². The predicted molar refractivity (Wildman–Crippen MR) is 74.1 cm³/mol. The van der Waals surface area contributed by atoms with Crippen LogP contribution in [0, 0.1) is 0 Å². The van der Waals surface area contributed by atoms with Crippen molar-refractivity contribution in [1.29, 1.82) is 0 Å². The number of hydrogen-bond acceptors (Lipinski definition) is 3. The van der Waals surface area contributed by atoms with E-state index in [0.29, 0.717) is 6.04 Å². The van der Waals surface area contributed by atoms with Crippen LogP contribution in [0.1, 0.15) is 39.2 Å². The highest BCUT2D eigenvalue weighted by Crippen LogP contribution is 2.15. The molecule has 0 saturated heterocycles. The van der Waals surface area contributed by atoms with Crippen LogP contribution in [0.15, 0.2) is 18.3 Å². The molecule has 0 unspecified atom stereocenters. The Morgan fingerprint density at radius 1 is 1.31 bits per heavy atom. The van der Waals surface area contributed by atoms with Crippen LogP contribution >= 0.6 is 11.8 Å². The van der Waals surface area contributed by atoms with Gasteiger partial charge in [-0.25, -0.2) is 4.98 Å². The maximum absolute atomic E-state index is 4.36. The van der Waals surface area contributed by atoms with Crippen molar-refractivity contribution in [2.24, 2.45) is 0 Å². The minimum Gasteiger partial charge on any atom is -0.367 e. The zero-order valence-corrected chi connectivity index (χ0v) is 11.3. The van der Waals surface area contributed by atoms with Crippen molar-refractivity contribution in [1.82, 2.24) is 4.98 Å². The highest BCUT2D eigenvalue weighted by atomic mass is 32.2. The fraction of sp³-hybridized carbons (Fsp3) is 0.615. The van der Waals surface area contributed by atoms with Crippen LogP contribution in [0.3, 0.4) is 0 Å². The van der Waals surface area contributed by atoms with Gasteiger partial charge in [-0.1, -0.05) is 20.8 Å².